The summed E-state index contributed by atoms with van der Waals surface area (Å²) in [4.78, 5) is 11.1. The molecule has 2 rings (SSSR count). The molecule has 0 radical (unpaired) electrons. The van der Waals surface area contributed by atoms with Crippen molar-refractivity contribution in [3.8, 4) is 0 Å². The summed E-state index contributed by atoms with van der Waals surface area (Å²) in [6.45, 7) is 3.07. The minimum atomic E-state index is -1.40. The van der Waals surface area contributed by atoms with Crippen LogP contribution >= 0.6 is 0 Å². The molecular formula is C15H16O3. The van der Waals surface area contributed by atoms with Gasteiger partial charge < -0.3 is 10.2 Å². The number of carbonyl (C=O) groups is 1. The molecule has 0 heterocycles. The monoisotopic (exact) mass is 244 g/mol. The van der Waals surface area contributed by atoms with Crippen molar-refractivity contribution in [3.05, 3.63) is 48.0 Å². The van der Waals surface area contributed by atoms with Gasteiger partial charge in [0.05, 0.1) is 5.92 Å². The maximum atomic E-state index is 11.1. The molecule has 2 unspecified atom stereocenters. The Hall–Kier alpha value is -1.87. The van der Waals surface area contributed by atoms with Gasteiger partial charge >= 0.3 is 5.97 Å². The lowest BCUT2D eigenvalue weighted by Gasteiger charge is -2.29. The number of rotatable bonds is 3. The number of aliphatic hydroxyl groups is 1. The molecule has 0 saturated carbocycles. The highest BCUT2D eigenvalue weighted by Crippen LogP contribution is 2.34. The molecule has 0 aliphatic heterocycles. The fourth-order valence-corrected chi connectivity index (χ4v) is 2.14. The van der Waals surface area contributed by atoms with Crippen molar-refractivity contribution in [2.75, 3.05) is 0 Å². The maximum absolute atomic E-state index is 11.1. The van der Waals surface area contributed by atoms with E-state index in [1.165, 1.54) is 6.92 Å². The first-order chi connectivity index (χ1) is 8.44. The molecule has 0 bridgehead atoms. The van der Waals surface area contributed by atoms with Crippen LogP contribution in [0.2, 0.25) is 0 Å². The predicted molar refractivity (Wildman–Crippen MR) is 70.3 cm³/mol. The van der Waals surface area contributed by atoms with Crippen LogP contribution in [0.15, 0.2) is 42.5 Å². The van der Waals surface area contributed by atoms with Gasteiger partial charge in [0, 0.05) is 0 Å². The lowest BCUT2D eigenvalue weighted by atomic mass is 9.81. The second-order valence-electron chi connectivity index (χ2n) is 4.73. The molecule has 0 aromatic heterocycles. The summed E-state index contributed by atoms with van der Waals surface area (Å²) < 4.78 is 0. The normalized spacial score (nSPS) is 16.2. The molecule has 2 atom stereocenters. The second-order valence-corrected chi connectivity index (χ2v) is 4.73. The summed E-state index contributed by atoms with van der Waals surface area (Å²) in [5.74, 6) is -1.88. The zero-order valence-corrected chi connectivity index (χ0v) is 10.4. The quantitative estimate of drug-likeness (QED) is 0.872. The van der Waals surface area contributed by atoms with Gasteiger partial charge in [-0.3, -0.25) is 4.79 Å². The highest BCUT2D eigenvalue weighted by Gasteiger charge is 2.36. The van der Waals surface area contributed by atoms with E-state index in [0.717, 1.165) is 10.8 Å². The summed E-state index contributed by atoms with van der Waals surface area (Å²) in [6.07, 6.45) is 0. The lowest BCUT2D eigenvalue weighted by Crippen LogP contribution is -2.35. The van der Waals surface area contributed by atoms with Crippen molar-refractivity contribution in [1.29, 1.82) is 0 Å². The predicted octanol–water partition coefficient (Wildman–Crippen LogP) is 2.77. The number of benzene rings is 2. The molecule has 2 aromatic carbocycles. The number of carboxylic acids is 1. The summed E-state index contributed by atoms with van der Waals surface area (Å²) in [5, 5.41) is 21.5. The van der Waals surface area contributed by atoms with E-state index < -0.39 is 17.5 Å². The molecule has 3 heteroatoms. The van der Waals surface area contributed by atoms with E-state index in [0.29, 0.717) is 5.56 Å². The molecule has 2 aromatic rings. The highest BCUT2D eigenvalue weighted by molar-refractivity contribution is 5.87. The van der Waals surface area contributed by atoms with E-state index in [4.69, 9.17) is 5.11 Å². The average molecular weight is 244 g/mol. The highest BCUT2D eigenvalue weighted by atomic mass is 16.4. The van der Waals surface area contributed by atoms with Gasteiger partial charge in [0.2, 0.25) is 0 Å². The van der Waals surface area contributed by atoms with Crippen molar-refractivity contribution in [2.24, 2.45) is 5.92 Å². The van der Waals surface area contributed by atoms with E-state index in [2.05, 4.69) is 0 Å². The summed E-state index contributed by atoms with van der Waals surface area (Å²) in [5.41, 5.74) is -0.748. The van der Waals surface area contributed by atoms with Crippen molar-refractivity contribution in [2.45, 2.75) is 19.4 Å². The van der Waals surface area contributed by atoms with E-state index in [1.807, 2.05) is 36.4 Å². The smallest absolute Gasteiger partial charge is 0.309 e. The summed E-state index contributed by atoms with van der Waals surface area (Å²) >= 11 is 0. The Morgan fingerprint density at radius 1 is 1.17 bits per heavy atom. The summed E-state index contributed by atoms with van der Waals surface area (Å²) in [7, 11) is 0. The van der Waals surface area contributed by atoms with Crippen molar-refractivity contribution in [1.82, 2.24) is 0 Å². The fraction of sp³-hybridized carbons (Fsp3) is 0.267. The van der Waals surface area contributed by atoms with Crippen molar-refractivity contribution >= 4 is 16.7 Å². The zero-order chi connectivity index (χ0) is 13.3. The fourth-order valence-electron chi connectivity index (χ4n) is 2.14. The molecule has 0 spiro atoms. The first kappa shape index (κ1) is 12.6. The average Bonchev–Trinajstić information content (AvgIpc) is 2.36. The van der Waals surface area contributed by atoms with Crippen molar-refractivity contribution < 1.29 is 15.0 Å². The molecule has 0 amide bonds. The van der Waals surface area contributed by atoms with Gasteiger partial charge in [-0.15, -0.1) is 0 Å². The molecule has 94 valence electrons. The Morgan fingerprint density at radius 2 is 1.78 bits per heavy atom. The molecule has 0 saturated heterocycles. The Labute approximate surface area is 106 Å². The first-order valence-electron chi connectivity index (χ1n) is 5.88. The number of fused-ring (bicyclic) bond motifs is 1. The van der Waals surface area contributed by atoms with Crippen LogP contribution in [-0.2, 0) is 10.4 Å². The van der Waals surface area contributed by atoms with Crippen LogP contribution in [-0.4, -0.2) is 16.2 Å². The van der Waals surface area contributed by atoms with Crippen LogP contribution in [0.5, 0.6) is 0 Å². The van der Waals surface area contributed by atoms with Gasteiger partial charge in [-0.25, -0.2) is 0 Å². The van der Waals surface area contributed by atoms with Gasteiger partial charge in [-0.1, -0.05) is 42.5 Å². The van der Waals surface area contributed by atoms with Crippen LogP contribution in [0.25, 0.3) is 10.8 Å². The van der Waals surface area contributed by atoms with Gasteiger partial charge in [0.1, 0.15) is 5.60 Å². The minimum absolute atomic E-state index is 0.649. The molecule has 0 aliphatic carbocycles. The van der Waals surface area contributed by atoms with Crippen LogP contribution in [0.1, 0.15) is 19.4 Å². The number of aliphatic carboxylic acids is 1. The molecule has 3 nitrogen and oxygen atoms in total. The Balaban J connectivity index is 2.64. The Morgan fingerprint density at radius 3 is 2.44 bits per heavy atom. The van der Waals surface area contributed by atoms with Crippen LogP contribution in [0.4, 0.5) is 0 Å². The van der Waals surface area contributed by atoms with Crippen LogP contribution in [0.3, 0.4) is 0 Å². The van der Waals surface area contributed by atoms with E-state index in [-0.39, 0.29) is 0 Å². The van der Waals surface area contributed by atoms with E-state index >= 15 is 0 Å². The third-order valence-corrected chi connectivity index (χ3v) is 3.55. The van der Waals surface area contributed by atoms with Gasteiger partial charge in [0.25, 0.3) is 0 Å². The molecular weight excluding hydrogens is 228 g/mol. The maximum Gasteiger partial charge on any atom is 0.309 e. The number of carboxylic acid groups (broad SMARTS) is 1. The summed E-state index contributed by atoms with van der Waals surface area (Å²) in [6, 6.07) is 13.2. The first-order valence-corrected chi connectivity index (χ1v) is 5.88. The Kier molecular flexibility index (Phi) is 3.09. The molecule has 2 N–H and O–H groups in total. The lowest BCUT2D eigenvalue weighted by molar-refractivity contribution is -0.150. The third-order valence-electron chi connectivity index (χ3n) is 3.55. The zero-order valence-electron chi connectivity index (χ0n) is 10.4. The van der Waals surface area contributed by atoms with Gasteiger partial charge in [0.15, 0.2) is 0 Å². The van der Waals surface area contributed by atoms with Gasteiger partial charge in [-0.05, 0) is 30.2 Å². The minimum Gasteiger partial charge on any atom is -0.481 e. The molecule has 18 heavy (non-hydrogen) atoms. The van der Waals surface area contributed by atoms with Gasteiger partial charge in [-0.2, -0.15) is 0 Å². The topological polar surface area (TPSA) is 57.5 Å². The Bertz CT molecular complexity index is 582. The number of hydrogen-bond donors (Lipinski definition) is 2. The molecule has 0 aliphatic rings. The number of hydrogen-bond acceptors (Lipinski definition) is 2. The largest absolute Gasteiger partial charge is 0.481 e. The van der Waals surface area contributed by atoms with E-state index in [1.54, 1.807) is 13.0 Å². The standard InChI is InChI=1S/C15H16O3/c1-10(14(16)17)15(2,18)13-9-5-7-11-6-3-4-8-12(11)13/h3-10,18H,1-2H3,(H,16,17). The van der Waals surface area contributed by atoms with E-state index in [9.17, 15) is 9.90 Å². The van der Waals surface area contributed by atoms with Crippen molar-refractivity contribution in [3.63, 3.8) is 0 Å². The third kappa shape index (κ3) is 1.97. The van der Waals surface area contributed by atoms with Crippen LogP contribution < -0.4 is 0 Å². The second kappa shape index (κ2) is 4.42. The molecule has 0 fully saturated rings. The SMILES string of the molecule is CC(C(=O)O)C(C)(O)c1cccc2ccccc12. The van der Waals surface area contributed by atoms with Crippen LogP contribution in [0, 0.1) is 5.92 Å².